The Morgan fingerprint density at radius 2 is 0.630 bits per heavy atom. The van der Waals surface area contributed by atoms with Gasteiger partial charge in [0, 0.05) is 56.5 Å². The van der Waals surface area contributed by atoms with Gasteiger partial charge in [0.25, 0.3) is 0 Å². The highest BCUT2D eigenvalue weighted by atomic mass is 15.2. The van der Waals surface area contributed by atoms with Crippen LogP contribution in [0.3, 0.4) is 0 Å². The molecule has 3 aliphatic rings. The van der Waals surface area contributed by atoms with Crippen molar-refractivity contribution in [2.24, 2.45) is 0 Å². The van der Waals surface area contributed by atoms with E-state index in [0.717, 1.165) is 62.3 Å². The van der Waals surface area contributed by atoms with Crippen LogP contribution in [0.2, 0.25) is 0 Å². The lowest BCUT2D eigenvalue weighted by Gasteiger charge is -2.33. The highest BCUT2D eigenvalue weighted by Crippen LogP contribution is 2.65. The fraction of sp³-hybridized carbons (Fsp3) is 0.0769. The first-order valence-electron chi connectivity index (χ1n) is 28.3. The monoisotopic (exact) mass is 1040 g/mol. The van der Waals surface area contributed by atoms with Crippen LogP contribution in [0.1, 0.15) is 58.4 Å². The van der Waals surface area contributed by atoms with E-state index in [1.807, 2.05) is 0 Å². The van der Waals surface area contributed by atoms with Gasteiger partial charge in [-0.3, -0.25) is 0 Å². The highest BCUT2D eigenvalue weighted by molar-refractivity contribution is 6.01. The summed E-state index contributed by atoms with van der Waals surface area (Å²) in [5.74, 6) is 0. The van der Waals surface area contributed by atoms with Crippen LogP contribution in [0.25, 0.3) is 44.5 Å². The van der Waals surface area contributed by atoms with Crippen molar-refractivity contribution in [1.82, 2.24) is 0 Å². The molecule has 0 bridgehead atoms. The number of benzene rings is 12. The van der Waals surface area contributed by atoms with Crippen LogP contribution < -0.4 is 14.7 Å². The summed E-state index contributed by atoms with van der Waals surface area (Å²) in [5, 5.41) is 0. The number of nitrogens with zero attached hydrogens (tertiary/aromatic N) is 3. The minimum Gasteiger partial charge on any atom is -0.310 e. The fourth-order valence-electron chi connectivity index (χ4n) is 14.1. The highest BCUT2D eigenvalue weighted by Gasteiger charge is 2.52. The summed E-state index contributed by atoms with van der Waals surface area (Å²) in [5.41, 5.74) is 29.6. The van der Waals surface area contributed by atoms with Crippen LogP contribution in [-0.4, -0.2) is 0 Å². The quantitative estimate of drug-likeness (QED) is 0.135. The molecule has 386 valence electrons. The fourth-order valence-corrected chi connectivity index (χ4v) is 14.1. The van der Waals surface area contributed by atoms with Crippen molar-refractivity contribution in [2.45, 2.75) is 38.5 Å². The first-order valence-corrected chi connectivity index (χ1v) is 28.3. The number of hydrogen-bond donors (Lipinski definition) is 0. The first kappa shape index (κ1) is 48.2. The topological polar surface area (TPSA) is 9.72 Å². The minimum absolute atomic E-state index is 0.0977. The Labute approximate surface area is 476 Å². The maximum Gasteiger partial charge on any atom is 0.0726 e. The molecular weight excluding hydrogens is 979 g/mol. The molecule has 15 rings (SSSR count). The number of aryl methyl sites for hydroxylation is 2. The molecule has 0 saturated carbocycles. The third kappa shape index (κ3) is 7.56. The van der Waals surface area contributed by atoms with Gasteiger partial charge in [0.15, 0.2) is 0 Å². The van der Waals surface area contributed by atoms with Crippen LogP contribution in [-0.2, 0) is 10.8 Å². The second kappa shape index (κ2) is 18.9. The van der Waals surface area contributed by atoms with Crippen molar-refractivity contribution in [3.05, 3.63) is 330 Å². The number of anilines is 9. The average Bonchev–Trinajstić information content (AvgIpc) is 3.88. The van der Waals surface area contributed by atoms with Crippen LogP contribution in [0, 0.1) is 13.8 Å². The van der Waals surface area contributed by atoms with Crippen molar-refractivity contribution in [3.8, 4) is 44.5 Å². The normalized spacial score (nSPS) is 13.4. The SMILES string of the molecule is Cc1cc(N(c2ccc(-c3ccccc3)cc2)c2cc(C)cc(N(c3ccccc3)c3cccc4c3-c3ccccc3C43c4ccccc4-c4ccccc43)c2)cc(N(c2ccccc2)c2ccc3c(c2)-c2ccccc2C3(C)C)c1. The molecule has 0 atom stereocenters. The van der Waals surface area contributed by atoms with Crippen molar-refractivity contribution in [1.29, 1.82) is 0 Å². The lowest BCUT2D eigenvalue weighted by Crippen LogP contribution is -2.26. The second-order valence-corrected chi connectivity index (χ2v) is 22.6. The van der Waals surface area contributed by atoms with Crippen LogP contribution in [0.15, 0.2) is 285 Å². The summed E-state index contributed by atoms with van der Waals surface area (Å²) >= 11 is 0. The average molecular weight is 1040 g/mol. The van der Waals surface area contributed by atoms with Crippen LogP contribution in [0.5, 0.6) is 0 Å². The molecule has 81 heavy (non-hydrogen) atoms. The van der Waals surface area contributed by atoms with E-state index in [1.165, 1.54) is 77.9 Å². The van der Waals surface area contributed by atoms with Gasteiger partial charge in [-0.25, -0.2) is 0 Å². The zero-order valence-corrected chi connectivity index (χ0v) is 46.0. The van der Waals surface area contributed by atoms with E-state index in [0.29, 0.717) is 0 Å². The van der Waals surface area contributed by atoms with E-state index in [2.05, 4.69) is 328 Å². The molecule has 12 aromatic rings. The predicted octanol–water partition coefficient (Wildman–Crippen LogP) is 21.0. The second-order valence-electron chi connectivity index (χ2n) is 22.6. The molecule has 0 saturated heterocycles. The van der Waals surface area contributed by atoms with Gasteiger partial charge in [0.2, 0.25) is 0 Å². The molecule has 0 aromatic heterocycles. The summed E-state index contributed by atoms with van der Waals surface area (Å²) < 4.78 is 0. The van der Waals surface area contributed by atoms with Gasteiger partial charge in [0.1, 0.15) is 0 Å². The Morgan fingerprint density at radius 3 is 1.20 bits per heavy atom. The lowest BCUT2D eigenvalue weighted by atomic mass is 9.70. The first-order chi connectivity index (χ1) is 39.8. The molecule has 3 heteroatoms. The number of para-hydroxylation sites is 2. The standard InChI is InChI=1S/C78H59N3/c1-52-45-60(79(56-25-10-6-11-26-56)59-43-44-70-68(51-59)66-31-14-18-33-69(66)77(70,3)4)49-61(46-52)80(58-41-39-55(40-42-58)54-23-8-5-9-24-54)62-47-53(2)48-63(50-62)81(57-27-12-7-13-28-57)75-38-22-37-74-76(75)67-32-17-21-36-73(67)78(74)71-34-19-15-29-64(71)65-30-16-20-35-72(65)78/h5-51H,1-4H3. The Bertz CT molecular complexity index is 4360. The molecule has 0 heterocycles. The van der Waals surface area contributed by atoms with Crippen LogP contribution in [0.4, 0.5) is 51.2 Å². The maximum atomic E-state index is 2.50. The third-order valence-corrected chi connectivity index (χ3v) is 17.5. The van der Waals surface area contributed by atoms with Gasteiger partial charge < -0.3 is 14.7 Å². The zero-order valence-electron chi connectivity index (χ0n) is 46.0. The molecule has 0 aliphatic heterocycles. The third-order valence-electron chi connectivity index (χ3n) is 17.5. The van der Waals surface area contributed by atoms with Gasteiger partial charge >= 0.3 is 0 Å². The Kier molecular flexibility index (Phi) is 11.2. The summed E-state index contributed by atoms with van der Waals surface area (Å²) in [6.45, 7) is 9.18. The van der Waals surface area contributed by atoms with Gasteiger partial charge in [-0.1, -0.05) is 208 Å². The Balaban J connectivity index is 0.931. The summed E-state index contributed by atoms with van der Waals surface area (Å²) in [6.07, 6.45) is 0. The number of fused-ring (bicyclic) bond motifs is 13. The molecule has 0 unspecified atom stereocenters. The molecular formula is C78H59N3. The van der Waals surface area contributed by atoms with E-state index in [9.17, 15) is 0 Å². The Morgan fingerprint density at radius 1 is 0.247 bits per heavy atom. The zero-order chi connectivity index (χ0) is 54.4. The molecule has 0 amide bonds. The van der Waals surface area contributed by atoms with Gasteiger partial charge in [-0.2, -0.15) is 0 Å². The summed E-state index contributed by atoms with van der Waals surface area (Å²) in [4.78, 5) is 7.39. The summed E-state index contributed by atoms with van der Waals surface area (Å²) in [6, 6.07) is 106. The van der Waals surface area contributed by atoms with Crippen molar-refractivity contribution in [2.75, 3.05) is 14.7 Å². The molecule has 0 fully saturated rings. The van der Waals surface area contributed by atoms with E-state index in [-0.39, 0.29) is 5.41 Å². The van der Waals surface area contributed by atoms with E-state index >= 15 is 0 Å². The number of hydrogen-bond acceptors (Lipinski definition) is 3. The van der Waals surface area contributed by atoms with Crippen molar-refractivity contribution in [3.63, 3.8) is 0 Å². The van der Waals surface area contributed by atoms with Gasteiger partial charge in [-0.15, -0.1) is 0 Å². The summed E-state index contributed by atoms with van der Waals surface area (Å²) in [7, 11) is 0. The molecule has 0 N–H and O–H groups in total. The minimum atomic E-state index is -0.477. The Hall–Kier alpha value is -9.96. The van der Waals surface area contributed by atoms with Crippen LogP contribution >= 0.6 is 0 Å². The van der Waals surface area contributed by atoms with Gasteiger partial charge in [-0.05, 0) is 188 Å². The van der Waals surface area contributed by atoms with Gasteiger partial charge in [0.05, 0.1) is 11.1 Å². The largest absolute Gasteiger partial charge is 0.310 e. The van der Waals surface area contributed by atoms with E-state index < -0.39 is 5.41 Å². The number of rotatable bonds is 10. The smallest absolute Gasteiger partial charge is 0.0726 e. The van der Waals surface area contributed by atoms with Crippen molar-refractivity contribution >= 4 is 51.2 Å². The molecule has 0 radical (unpaired) electrons. The maximum absolute atomic E-state index is 2.50. The van der Waals surface area contributed by atoms with E-state index in [4.69, 9.17) is 0 Å². The molecule has 3 nitrogen and oxygen atoms in total. The van der Waals surface area contributed by atoms with Crippen molar-refractivity contribution < 1.29 is 0 Å². The molecule has 3 aliphatic carbocycles. The molecule has 1 spiro atoms. The van der Waals surface area contributed by atoms with E-state index in [1.54, 1.807) is 0 Å². The molecule has 12 aromatic carbocycles. The lowest BCUT2D eigenvalue weighted by molar-refractivity contribution is 0.660. The predicted molar refractivity (Wildman–Crippen MR) is 339 cm³/mol.